The lowest BCUT2D eigenvalue weighted by molar-refractivity contribution is -0.0474. The number of piperazine rings is 1. The van der Waals surface area contributed by atoms with Gasteiger partial charge in [-0.2, -0.15) is 0 Å². The Hall–Kier alpha value is 0.130. The molecule has 5 heteroatoms. The summed E-state index contributed by atoms with van der Waals surface area (Å²) in [6.45, 7) is 10.5. The maximum absolute atomic E-state index is 5.60. The van der Waals surface area contributed by atoms with Crippen LogP contribution in [0.2, 0.25) is 0 Å². The summed E-state index contributed by atoms with van der Waals surface area (Å²) >= 11 is 0. The summed E-state index contributed by atoms with van der Waals surface area (Å²) in [4.78, 5) is 5.27. The molecule has 0 bridgehead atoms. The normalized spacial score (nSPS) is 34.7. The van der Waals surface area contributed by atoms with Crippen molar-refractivity contribution in [3.63, 3.8) is 0 Å². The average molecular weight is 276 g/mol. The van der Waals surface area contributed by atoms with E-state index in [0.717, 1.165) is 25.7 Å². The Balaban J connectivity index is 0.00000120. The molecule has 0 aromatic heterocycles. The van der Waals surface area contributed by atoms with Crippen LogP contribution in [0.1, 0.15) is 12.8 Å². The van der Waals surface area contributed by atoms with Crippen LogP contribution in [0.15, 0.2) is 0 Å². The van der Waals surface area contributed by atoms with Crippen molar-refractivity contribution in [1.29, 1.82) is 0 Å². The molecular formula is C13H26ClN3O. The van der Waals surface area contributed by atoms with Crippen LogP contribution in [0.25, 0.3) is 0 Å². The fourth-order valence-corrected chi connectivity index (χ4v) is 3.42. The van der Waals surface area contributed by atoms with Crippen LogP contribution >= 0.6 is 12.4 Å². The van der Waals surface area contributed by atoms with E-state index in [-0.39, 0.29) is 12.4 Å². The number of nitrogens with zero attached hydrogens (tertiary/aromatic N) is 2. The van der Waals surface area contributed by atoms with E-state index in [0.29, 0.717) is 6.04 Å². The van der Waals surface area contributed by atoms with Gasteiger partial charge in [-0.3, -0.25) is 4.90 Å². The Morgan fingerprint density at radius 2 is 2.17 bits per heavy atom. The molecule has 3 saturated heterocycles. The molecule has 1 N–H and O–H groups in total. The van der Waals surface area contributed by atoms with Gasteiger partial charge in [-0.15, -0.1) is 12.4 Å². The average Bonchev–Trinajstić information content (AvgIpc) is 2.40. The first-order chi connectivity index (χ1) is 8.42. The van der Waals surface area contributed by atoms with E-state index in [9.17, 15) is 0 Å². The van der Waals surface area contributed by atoms with E-state index < -0.39 is 0 Å². The van der Waals surface area contributed by atoms with Crippen LogP contribution in [-0.2, 0) is 4.74 Å². The quantitative estimate of drug-likeness (QED) is 0.791. The highest BCUT2D eigenvalue weighted by molar-refractivity contribution is 5.85. The van der Waals surface area contributed by atoms with Crippen molar-refractivity contribution >= 4 is 12.4 Å². The van der Waals surface area contributed by atoms with Crippen molar-refractivity contribution in [3.05, 3.63) is 0 Å². The van der Waals surface area contributed by atoms with E-state index in [2.05, 4.69) is 15.1 Å². The molecule has 0 radical (unpaired) electrons. The van der Waals surface area contributed by atoms with Crippen LogP contribution < -0.4 is 5.32 Å². The molecule has 3 rings (SSSR count). The number of morpholine rings is 1. The largest absolute Gasteiger partial charge is 0.378 e. The van der Waals surface area contributed by atoms with Gasteiger partial charge in [0.05, 0.1) is 13.2 Å². The second kappa shape index (κ2) is 7.06. The summed E-state index contributed by atoms with van der Waals surface area (Å²) in [5.41, 5.74) is 0. The molecule has 3 aliphatic rings. The highest BCUT2D eigenvalue weighted by atomic mass is 35.5. The summed E-state index contributed by atoms with van der Waals surface area (Å²) in [5.74, 6) is 0.875. The number of piperidine rings is 1. The summed E-state index contributed by atoms with van der Waals surface area (Å²) in [7, 11) is 0. The topological polar surface area (TPSA) is 27.7 Å². The lowest BCUT2D eigenvalue weighted by atomic mass is 9.98. The summed E-state index contributed by atoms with van der Waals surface area (Å²) in [5, 5.41) is 3.52. The first-order valence-electron chi connectivity index (χ1n) is 7.17. The summed E-state index contributed by atoms with van der Waals surface area (Å²) in [6.07, 6.45) is 2.77. The van der Waals surface area contributed by atoms with Gasteiger partial charge >= 0.3 is 0 Å². The minimum absolute atomic E-state index is 0. The maximum Gasteiger partial charge on any atom is 0.0634 e. The zero-order valence-corrected chi connectivity index (χ0v) is 12.0. The van der Waals surface area contributed by atoms with Crippen LogP contribution in [0.4, 0.5) is 0 Å². The zero-order chi connectivity index (χ0) is 11.5. The molecule has 3 fully saturated rings. The number of ether oxygens (including phenoxy) is 1. The standard InChI is InChI=1S/C13H25N3O.ClH/c1-2-12(8-14-3-1)9-15-4-5-16-6-7-17-11-13(16)10-15;/h12-14H,1-11H2;1H. The number of rotatable bonds is 2. The number of fused-ring (bicyclic) bond motifs is 1. The third-order valence-corrected chi connectivity index (χ3v) is 4.44. The molecule has 106 valence electrons. The molecule has 3 aliphatic heterocycles. The predicted octanol–water partition coefficient (Wildman–Crippen LogP) is 0.424. The van der Waals surface area contributed by atoms with E-state index >= 15 is 0 Å². The number of hydrogen-bond acceptors (Lipinski definition) is 4. The molecule has 4 nitrogen and oxygen atoms in total. The summed E-state index contributed by atoms with van der Waals surface area (Å²) in [6, 6.07) is 0.661. The number of hydrogen-bond donors (Lipinski definition) is 1. The van der Waals surface area contributed by atoms with Gasteiger partial charge < -0.3 is 15.0 Å². The van der Waals surface area contributed by atoms with E-state index in [1.54, 1.807) is 0 Å². The van der Waals surface area contributed by atoms with Gasteiger partial charge in [-0.1, -0.05) is 0 Å². The summed E-state index contributed by atoms with van der Waals surface area (Å²) < 4.78 is 5.60. The number of nitrogens with one attached hydrogen (secondary N) is 1. The molecule has 18 heavy (non-hydrogen) atoms. The first-order valence-corrected chi connectivity index (χ1v) is 7.17. The maximum atomic E-state index is 5.60. The van der Waals surface area contributed by atoms with Crippen molar-refractivity contribution in [1.82, 2.24) is 15.1 Å². The smallest absolute Gasteiger partial charge is 0.0634 e. The molecule has 3 heterocycles. The van der Waals surface area contributed by atoms with Gasteiger partial charge in [0.2, 0.25) is 0 Å². The van der Waals surface area contributed by atoms with Gasteiger partial charge in [-0.25, -0.2) is 0 Å². The van der Waals surface area contributed by atoms with Crippen LogP contribution in [0.5, 0.6) is 0 Å². The van der Waals surface area contributed by atoms with Crippen molar-refractivity contribution in [3.8, 4) is 0 Å². The van der Waals surface area contributed by atoms with Crippen LogP contribution in [0, 0.1) is 5.92 Å². The minimum Gasteiger partial charge on any atom is -0.378 e. The molecule has 0 aliphatic carbocycles. The monoisotopic (exact) mass is 275 g/mol. The van der Waals surface area contributed by atoms with Gasteiger partial charge in [0, 0.05) is 38.8 Å². The molecule has 0 amide bonds. The van der Waals surface area contributed by atoms with Crippen molar-refractivity contribution in [2.75, 3.05) is 59.0 Å². The molecular weight excluding hydrogens is 250 g/mol. The van der Waals surface area contributed by atoms with E-state index in [1.165, 1.54) is 52.1 Å². The van der Waals surface area contributed by atoms with E-state index in [4.69, 9.17) is 4.74 Å². The third kappa shape index (κ3) is 3.58. The van der Waals surface area contributed by atoms with Crippen molar-refractivity contribution in [2.45, 2.75) is 18.9 Å². The Labute approximate surface area is 116 Å². The molecule has 0 saturated carbocycles. The van der Waals surface area contributed by atoms with Crippen LogP contribution in [-0.4, -0.2) is 74.9 Å². The fourth-order valence-electron chi connectivity index (χ4n) is 3.42. The predicted molar refractivity (Wildman–Crippen MR) is 75.5 cm³/mol. The first kappa shape index (κ1) is 14.5. The Kier molecular flexibility index (Phi) is 5.70. The minimum atomic E-state index is 0. The highest BCUT2D eigenvalue weighted by Crippen LogP contribution is 2.17. The fraction of sp³-hybridized carbons (Fsp3) is 1.00. The van der Waals surface area contributed by atoms with Crippen LogP contribution in [0.3, 0.4) is 0 Å². The molecule has 2 unspecified atom stereocenters. The molecule has 0 aromatic carbocycles. The van der Waals surface area contributed by atoms with Crippen molar-refractivity contribution in [2.24, 2.45) is 5.92 Å². The van der Waals surface area contributed by atoms with Gasteiger partial charge in [-0.05, 0) is 31.8 Å². The lowest BCUT2D eigenvalue weighted by Gasteiger charge is -2.44. The second-order valence-electron chi connectivity index (χ2n) is 5.74. The molecule has 0 spiro atoms. The second-order valence-corrected chi connectivity index (χ2v) is 5.74. The van der Waals surface area contributed by atoms with E-state index in [1.807, 2.05) is 0 Å². The lowest BCUT2D eigenvalue weighted by Crippen LogP contribution is -2.58. The Morgan fingerprint density at radius 3 is 3.00 bits per heavy atom. The van der Waals surface area contributed by atoms with Crippen molar-refractivity contribution < 1.29 is 4.74 Å². The number of halogens is 1. The molecule has 2 atom stereocenters. The Morgan fingerprint density at radius 1 is 1.22 bits per heavy atom. The van der Waals surface area contributed by atoms with Gasteiger partial charge in [0.15, 0.2) is 0 Å². The highest BCUT2D eigenvalue weighted by Gasteiger charge is 2.30. The zero-order valence-electron chi connectivity index (χ0n) is 11.1. The third-order valence-electron chi connectivity index (χ3n) is 4.44. The Bertz CT molecular complexity index is 246. The van der Waals surface area contributed by atoms with Gasteiger partial charge in [0.1, 0.15) is 0 Å². The van der Waals surface area contributed by atoms with Gasteiger partial charge in [0.25, 0.3) is 0 Å². The molecule has 0 aromatic rings. The SMILES string of the molecule is C1CNCC(CN2CCN3CCOCC3C2)C1.Cl.